The highest BCUT2D eigenvalue weighted by atomic mass is 35.5. The molecule has 1 saturated carbocycles. The minimum atomic E-state index is -0.447. The monoisotopic (exact) mass is 484 g/mol. The summed E-state index contributed by atoms with van der Waals surface area (Å²) in [5.41, 5.74) is 5.85. The molecule has 3 aliphatic rings. The fourth-order valence-corrected chi connectivity index (χ4v) is 7.26. The summed E-state index contributed by atoms with van der Waals surface area (Å²) in [5, 5.41) is 15.3. The Morgan fingerprint density at radius 3 is 2.64 bits per heavy atom. The summed E-state index contributed by atoms with van der Waals surface area (Å²) in [4.78, 5) is 9.16. The van der Waals surface area contributed by atoms with Gasteiger partial charge in [-0.25, -0.2) is 14.4 Å². The molecule has 0 spiro atoms. The van der Waals surface area contributed by atoms with Gasteiger partial charge in [0.15, 0.2) is 0 Å². The van der Waals surface area contributed by atoms with E-state index in [1.165, 1.54) is 22.5 Å². The van der Waals surface area contributed by atoms with Crippen LogP contribution in [0.2, 0.25) is 5.02 Å². The largest absolute Gasteiger partial charge is 0.387 e. The average Bonchev–Trinajstić information content (AvgIpc) is 3.35. The molecular weight excluding hydrogens is 452 g/mol. The number of benzene rings is 1. The maximum Gasteiger partial charge on any atom is 0.116 e. The van der Waals surface area contributed by atoms with Crippen molar-refractivity contribution < 1.29 is 5.11 Å². The highest BCUT2D eigenvalue weighted by Crippen LogP contribution is 2.50. The van der Waals surface area contributed by atoms with E-state index in [0.717, 1.165) is 42.9 Å². The second-order valence-corrected chi connectivity index (χ2v) is 11.6. The molecule has 5 nitrogen and oxygen atoms in total. The number of nitrogens with zero attached hydrogens (tertiary/aromatic N) is 3. The van der Waals surface area contributed by atoms with Crippen molar-refractivity contribution in [3.63, 3.8) is 0 Å². The highest BCUT2D eigenvalue weighted by molar-refractivity contribution is 7.99. The third-order valence-electron chi connectivity index (χ3n) is 7.54. The number of fused-ring (bicyclic) bond motifs is 2. The summed E-state index contributed by atoms with van der Waals surface area (Å²) in [6, 6.07) is 8.71. The van der Waals surface area contributed by atoms with Crippen molar-refractivity contribution in [3.05, 3.63) is 58.1 Å². The van der Waals surface area contributed by atoms with Gasteiger partial charge in [0.2, 0.25) is 0 Å². The quantitative estimate of drug-likeness (QED) is 0.506. The normalized spacial score (nSPS) is 29.6. The lowest BCUT2D eigenvalue weighted by molar-refractivity contribution is 0.170. The molecule has 5 rings (SSSR count). The van der Waals surface area contributed by atoms with Crippen LogP contribution in [-0.4, -0.2) is 38.6 Å². The molecule has 7 heteroatoms. The van der Waals surface area contributed by atoms with E-state index in [9.17, 15) is 5.11 Å². The van der Waals surface area contributed by atoms with E-state index in [-0.39, 0.29) is 5.92 Å². The van der Waals surface area contributed by atoms with Crippen LogP contribution in [0.4, 0.5) is 0 Å². The third-order valence-corrected chi connectivity index (χ3v) is 8.90. The summed E-state index contributed by atoms with van der Waals surface area (Å²) in [6.07, 6.45) is 5.28. The Morgan fingerprint density at radius 1 is 1.12 bits per heavy atom. The number of hydrogen-bond acceptors (Lipinski definition) is 6. The molecule has 0 saturated heterocycles. The predicted molar refractivity (Wildman–Crippen MR) is 136 cm³/mol. The van der Waals surface area contributed by atoms with E-state index in [2.05, 4.69) is 43.2 Å². The van der Waals surface area contributed by atoms with Crippen LogP contribution in [-0.2, 0) is 0 Å². The van der Waals surface area contributed by atoms with E-state index in [4.69, 9.17) is 21.0 Å². The molecule has 2 aliphatic carbocycles. The Kier molecular flexibility index (Phi) is 6.81. The van der Waals surface area contributed by atoms with Crippen molar-refractivity contribution in [1.29, 1.82) is 0 Å². The van der Waals surface area contributed by atoms with Gasteiger partial charge in [0, 0.05) is 51.9 Å². The number of rotatable bonds is 6. The van der Waals surface area contributed by atoms with Gasteiger partial charge in [-0.15, -0.1) is 0 Å². The zero-order valence-electron chi connectivity index (χ0n) is 19.5. The number of aliphatic hydroxyl groups is 1. The van der Waals surface area contributed by atoms with E-state index in [0.29, 0.717) is 29.0 Å². The van der Waals surface area contributed by atoms with Gasteiger partial charge < -0.3 is 10.4 Å². The zero-order chi connectivity index (χ0) is 23.1. The lowest BCUT2D eigenvalue weighted by Crippen LogP contribution is -2.37. The van der Waals surface area contributed by atoms with Crippen LogP contribution in [0.3, 0.4) is 0 Å². The SMILES string of the molecule is CC(C)NCC(C1=NSC2CC(c3ncnc4c3[C@H](C)C[C@H]4O)CCC12)c1ccc(Cl)cc1. The first-order chi connectivity index (χ1) is 15.9. The summed E-state index contributed by atoms with van der Waals surface area (Å²) in [7, 11) is 0. The Morgan fingerprint density at radius 2 is 1.88 bits per heavy atom. The summed E-state index contributed by atoms with van der Waals surface area (Å²) in [6.45, 7) is 7.46. The van der Waals surface area contributed by atoms with E-state index in [1.807, 2.05) is 12.1 Å². The minimum absolute atomic E-state index is 0.266. The van der Waals surface area contributed by atoms with Crippen molar-refractivity contribution >= 4 is 29.3 Å². The van der Waals surface area contributed by atoms with Crippen LogP contribution >= 0.6 is 23.5 Å². The smallest absolute Gasteiger partial charge is 0.116 e. The molecule has 0 amide bonds. The molecule has 6 atom stereocenters. The summed E-state index contributed by atoms with van der Waals surface area (Å²) < 4.78 is 5.07. The Bertz CT molecular complexity index is 1030. The topological polar surface area (TPSA) is 70.4 Å². The van der Waals surface area contributed by atoms with Crippen LogP contribution in [0.15, 0.2) is 35.0 Å². The lowest BCUT2D eigenvalue weighted by Gasteiger charge is -2.34. The zero-order valence-corrected chi connectivity index (χ0v) is 21.1. The Hall–Kier alpha value is -1.47. The predicted octanol–water partition coefficient (Wildman–Crippen LogP) is 5.81. The molecule has 0 radical (unpaired) electrons. The Labute approximate surface area is 206 Å². The highest BCUT2D eigenvalue weighted by Gasteiger charge is 2.43. The Balaban J connectivity index is 1.36. The van der Waals surface area contributed by atoms with Gasteiger partial charge in [-0.3, -0.25) is 0 Å². The molecule has 2 aromatic rings. The van der Waals surface area contributed by atoms with Crippen LogP contribution in [0.25, 0.3) is 0 Å². The van der Waals surface area contributed by atoms with Crippen molar-refractivity contribution in [3.8, 4) is 0 Å². The van der Waals surface area contributed by atoms with E-state index < -0.39 is 6.10 Å². The molecule has 1 aromatic carbocycles. The van der Waals surface area contributed by atoms with E-state index >= 15 is 0 Å². The molecule has 2 N–H and O–H groups in total. The molecule has 176 valence electrons. The average molecular weight is 485 g/mol. The molecule has 1 fully saturated rings. The molecule has 1 aliphatic heterocycles. The van der Waals surface area contributed by atoms with Crippen LogP contribution in [0, 0.1) is 5.92 Å². The van der Waals surface area contributed by atoms with Crippen molar-refractivity contribution in [2.45, 2.75) is 81.6 Å². The number of aromatic nitrogens is 2. The second-order valence-electron chi connectivity index (χ2n) is 10.2. The first kappa shape index (κ1) is 23.3. The van der Waals surface area contributed by atoms with E-state index in [1.54, 1.807) is 18.3 Å². The van der Waals surface area contributed by atoms with Gasteiger partial charge in [-0.05, 0) is 61.2 Å². The molecule has 0 bridgehead atoms. The van der Waals surface area contributed by atoms with Gasteiger partial charge in [-0.2, -0.15) is 0 Å². The maximum absolute atomic E-state index is 10.4. The first-order valence-electron chi connectivity index (χ1n) is 12.2. The van der Waals surface area contributed by atoms with Crippen molar-refractivity contribution in [2.75, 3.05) is 6.54 Å². The van der Waals surface area contributed by atoms with Gasteiger partial charge in [0.25, 0.3) is 0 Å². The third kappa shape index (κ3) is 4.60. The van der Waals surface area contributed by atoms with Crippen LogP contribution in [0.5, 0.6) is 0 Å². The maximum atomic E-state index is 10.4. The number of nitrogens with one attached hydrogen (secondary N) is 1. The molecule has 2 heterocycles. The van der Waals surface area contributed by atoms with Crippen LogP contribution < -0.4 is 5.32 Å². The van der Waals surface area contributed by atoms with Gasteiger partial charge >= 0.3 is 0 Å². The lowest BCUT2D eigenvalue weighted by atomic mass is 9.73. The van der Waals surface area contributed by atoms with Crippen molar-refractivity contribution in [2.24, 2.45) is 10.3 Å². The molecule has 1 aromatic heterocycles. The molecule has 33 heavy (non-hydrogen) atoms. The second kappa shape index (κ2) is 9.65. The fraction of sp³-hybridized carbons (Fsp3) is 0.577. The number of halogens is 1. The van der Waals surface area contributed by atoms with Gasteiger partial charge in [0.05, 0.1) is 17.5 Å². The molecular formula is C26H33ClN4OS. The summed E-state index contributed by atoms with van der Waals surface area (Å²) >= 11 is 7.94. The standard InChI is InChI=1S/C26H33ClN4OS/c1-14(2)28-12-20(16-4-7-18(27)8-5-16)25-19-9-6-17(11-22(19)33-31-25)24-23-15(3)10-21(32)26(23)30-13-29-24/h4-5,7-8,13-15,17,19-22,28,32H,6,9-12H2,1-3H3/t15-,17?,19?,20?,21-,22?/m1/s1. The molecule has 4 unspecified atom stereocenters. The minimum Gasteiger partial charge on any atom is -0.387 e. The number of aliphatic hydroxyl groups excluding tert-OH is 1. The van der Waals surface area contributed by atoms with Crippen molar-refractivity contribution in [1.82, 2.24) is 15.3 Å². The van der Waals surface area contributed by atoms with Gasteiger partial charge in [0.1, 0.15) is 6.33 Å². The first-order valence-corrected chi connectivity index (χ1v) is 13.4. The fourth-order valence-electron chi connectivity index (χ4n) is 5.88. The number of hydrogen-bond donors (Lipinski definition) is 2. The van der Waals surface area contributed by atoms with Gasteiger partial charge in [-0.1, -0.05) is 44.5 Å². The summed E-state index contributed by atoms with van der Waals surface area (Å²) in [5.74, 6) is 1.50. The van der Waals surface area contributed by atoms with Crippen LogP contribution in [0.1, 0.15) is 92.8 Å².